The van der Waals surface area contributed by atoms with Gasteiger partial charge in [0.15, 0.2) is 0 Å². The van der Waals surface area contributed by atoms with Gasteiger partial charge in [-0.3, -0.25) is 14.2 Å². The number of rotatable bonds is 5. The van der Waals surface area contributed by atoms with Crippen LogP contribution in [0.4, 0.5) is 18.9 Å². The van der Waals surface area contributed by atoms with Crippen molar-refractivity contribution in [1.29, 1.82) is 0 Å². The first kappa shape index (κ1) is 18.5. The third-order valence-electron chi connectivity index (χ3n) is 3.41. The fourth-order valence-corrected chi connectivity index (χ4v) is 2.10. The highest BCUT2D eigenvalue weighted by atomic mass is 19.4. The lowest BCUT2D eigenvalue weighted by atomic mass is 10.1. The van der Waals surface area contributed by atoms with E-state index in [0.717, 1.165) is 22.8 Å². The summed E-state index contributed by atoms with van der Waals surface area (Å²) in [5, 5.41) is 2.33. The first-order chi connectivity index (χ1) is 11.7. The molecule has 0 atom stereocenters. The third kappa shape index (κ3) is 4.59. The van der Waals surface area contributed by atoms with Crippen molar-refractivity contribution in [3.63, 3.8) is 0 Å². The van der Waals surface area contributed by atoms with E-state index in [1.807, 2.05) is 6.92 Å². The van der Waals surface area contributed by atoms with Crippen LogP contribution >= 0.6 is 0 Å². The van der Waals surface area contributed by atoms with E-state index >= 15 is 0 Å². The van der Waals surface area contributed by atoms with Gasteiger partial charge in [-0.2, -0.15) is 13.2 Å². The van der Waals surface area contributed by atoms with Crippen LogP contribution in [-0.2, 0) is 23.9 Å². The molecule has 0 saturated carbocycles. The van der Waals surface area contributed by atoms with Gasteiger partial charge in [0.05, 0.1) is 24.7 Å². The van der Waals surface area contributed by atoms with Gasteiger partial charge in [0.1, 0.15) is 12.3 Å². The molecule has 1 aromatic heterocycles. The van der Waals surface area contributed by atoms with E-state index in [0.29, 0.717) is 12.1 Å². The zero-order valence-electron chi connectivity index (χ0n) is 13.6. The number of aromatic nitrogens is 2. The summed E-state index contributed by atoms with van der Waals surface area (Å²) in [4.78, 5) is 28.0. The van der Waals surface area contributed by atoms with Crippen molar-refractivity contribution in [3.05, 3.63) is 52.2 Å². The van der Waals surface area contributed by atoms with E-state index in [4.69, 9.17) is 4.74 Å². The molecule has 134 valence electrons. The number of hydrogen-bond acceptors (Lipinski definition) is 4. The first-order valence-electron chi connectivity index (χ1n) is 7.35. The molecule has 0 fully saturated rings. The van der Waals surface area contributed by atoms with Crippen LogP contribution < -0.4 is 15.6 Å². The Morgan fingerprint density at radius 1 is 1.32 bits per heavy atom. The predicted molar refractivity (Wildman–Crippen MR) is 84.5 cm³/mol. The summed E-state index contributed by atoms with van der Waals surface area (Å²) >= 11 is 0. The van der Waals surface area contributed by atoms with Crippen molar-refractivity contribution in [3.8, 4) is 5.75 Å². The van der Waals surface area contributed by atoms with Gasteiger partial charge >= 0.3 is 6.18 Å². The quantitative estimate of drug-likeness (QED) is 0.894. The molecule has 1 amide bonds. The monoisotopic (exact) mass is 355 g/mol. The molecule has 0 unspecified atom stereocenters. The Hall–Kier alpha value is -2.84. The van der Waals surface area contributed by atoms with Crippen LogP contribution in [0, 0.1) is 0 Å². The van der Waals surface area contributed by atoms with Crippen molar-refractivity contribution in [1.82, 2.24) is 9.55 Å². The molecular weight excluding hydrogens is 339 g/mol. The van der Waals surface area contributed by atoms with Crippen LogP contribution in [0.5, 0.6) is 5.75 Å². The van der Waals surface area contributed by atoms with Gasteiger partial charge < -0.3 is 10.1 Å². The minimum Gasteiger partial charge on any atom is -0.495 e. The molecular formula is C16H16F3N3O3. The number of aryl methyl sites for hydroxylation is 1. The van der Waals surface area contributed by atoms with E-state index in [-0.39, 0.29) is 18.0 Å². The molecule has 6 nitrogen and oxygen atoms in total. The van der Waals surface area contributed by atoms with Crippen molar-refractivity contribution >= 4 is 11.6 Å². The van der Waals surface area contributed by atoms with Gasteiger partial charge in [-0.25, -0.2) is 4.98 Å². The Balaban J connectivity index is 2.21. The van der Waals surface area contributed by atoms with Gasteiger partial charge in [-0.05, 0) is 24.6 Å². The Kier molecular flexibility index (Phi) is 5.45. The van der Waals surface area contributed by atoms with Crippen molar-refractivity contribution in [2.45, 2.75) is 26.1 Å². The van der Waals surface area contributed by atoms with Crippen molar-refractivity contribution in [2.24, 2.45) is 0 Å². The topological polar surface area (TPSA) is 73.2 Å². The van der Waals surface area contributed by atoms with Crippen molar-refractivity contribution < 1.29 is 22.7 Å². The van der Waals surface area contributed by atoms with Crippen LogP contribution in [0.1, 0.15) is 18.2 Å². The summed E-state index contributed by atoms with van der Waals surface area (Å²) < 4.78 is 44.4. The number of carbonyl (C=O) groups excluding carboxylic acids is 1. The van der Waals surface area contributed by atoms with Crippen LogP contribution in [0.3, 0.4) is 0 Å². The van der Waals surface area contributed by atoms with Crippen molar-refractivity contribution in [2.75, 3.05) is 12.4 Å². The fourth-order valence-electron chi connectivity index (χ4n) is 2.10. The number of alkyl halides is 3. The number of methoxy groups -OCH3 is 1. The molecule has 2 rings (SSSR count). The molecule has 0 aliphatic heterocycles. The smallest absolute Gasteiger partial charge is 0.416 e. The highest BCUT2D eigenvalue weighted by Crippen LogP contribution is 2.34. The van der Waals surface area contributed by atoms with Crippen LogP contribution in [0.15, 0.2) is 35.4 Å². The molecule has 9 heteroatoms. The average molecular weight is 355 g/mol. The number of amides is 1. The Morgan fingerprint density at radius 2 is 2.04 bits per heavy atom. The van der Waals surface area contributed by atoms with Gasteiger partial charge in [0.2, 0.25) is 5.91 Å². The van der Waals surface area contributed by atoms with E-state index in [1.165, 1.54) is 19.5 Å². The van der Waals surface area contributed by atoms with Crippen LogP contribution in [0.25, 0.3) is 0 Å². The molecule has 25 heavy (non-hydrogen) atoms. The Labute approximate surface area is 141 Å². The fraction of sp³-hybridized carbons (Fsp3) is 0.312. The second-order valence-corrected chi connectivity index (χ2v) is 5.16. The number of nitrogens with zero attached hydrogens (tertiary/aromatic N) is 2. The minimum absolute atomic E-state index is 0.0770. The molecule has 0 saturated heterocycles. The van der Waals surface area contributed by atoms with Gasteiger partial charge in [-0.15, -0.1) is 0 Å². The lowest BCUT2D eigenvalue weighted by Gasteiger charge is -2.14. The maximum Gasteiger partial charge on any atom is 0.416 e. The highest BCUT2D eigenvalue weighted by Gasteiger charge is 2.31. The molecule has 0 spiro atoms. The summed E-state index contributed by atoms with van der Waals surface area (Å²) in [6.07, 6.45) is -2.75. The molecule has 1 N–H and O–H groups in total. The summed E-state index contributed by atoms with van der Waals surface area (Å²) in [6.45, 7) is 1.45. The maximum atomic E-state index is 12.8. The van der Waals surface area contributed by atoms with Gasteiger partial charge in [0, 0.05) is 11.8 Å². The largest absolute Gasteiger partial charge is 0.495 e. The summed E-state index contributed by atoms with van der Waals surface area (Å²) in [5.74, 6) is -0.598. The third-order valence-corrected chi connectivity index (χ3v) is 3.41. The zero-order chi connectivity index (χ0) is 18.6. The van der Waals surface area contributed by atoms with Crippen LogP contribution in [0.2, 0.25) is 0 Å². The lowest BCUT2D eigenvalue weighted by molar-refractivity contribution is -0.137. The second kappa shape index (κ2) is 7.37. The molecule has 0 bridgehead atoms. The van der Waals surface area contributed by atoms with Crippen LogP contribution in [-0.4, -0.2) is 22.6 Å². The van der Waals surface area contributed by atoms with Gasteiger partial charge in [0.25, 0.3) is 5.56 Å². The molecule has 1 heterocycles. The van der Waals surface area contributed by atoms with E-state index in [1.54, 1.807) is 0 Å². The lowest BCUT2D eigenvalue weighted by Crippen LogP contribution is -2.28. The normalized spacial score (nSPS) is 11.2. The SMILES string of the molecule is CCc1cc(=O)n(CC(=O)Nc2cc(C(F)(F)F)ccc2OC)cn1. The standard InChI is InChI=1S/C16H16F3N3O3/c1-3-11-7-15(24)22(9-20-11)8-14(23)21-12-6-10(16(17,18)19)4-5-13(12)25-2/h4-7,9H,3,8H2,1-2H3,(H,21,23). The zero-order valence-corrected chi connectivity index (χ0v) is 13.6. The number of benzene rings is 1. The second-order valence-electron chi connectivity index (χ2n) is 5.16. The van der Waals surface area contributed by atoms with E-state index in [2.05, 4.69) is 10.3 Å². The molecule has 0 aliphatic rings. The number of carbonyl (C=O) groups is 1. The molecule has 0 radical (unpaired) electrons. The van der Waals surface area contributed by atoms with Gasteiger partial charge in [-0.1, -0.05) is 6.92 Å². The Morgan fingerprint density at radius 3 is 2.60 bits per heavy atom. The maximum absolute atomic E-state index is 12.8. The minimum atomic E-state index is -4.55. The first-order valence-corrected chi connectivity index (χ1v) is 7.35. The molecule has 0 aliphatic carbocycles. The number of ether oxygens (including phenoxy) is 1. The summed E-state index contributed by atoms with van der Waals surface area (Å²) in [6, 6.07) is 4.05. The number of hydrogen-bond donors (Lipinski definition) is 1. The average Bonchev–Trinajstić information content (AvgIpc) is 2.55. The summed E-state index contributed by atoms with van der Waals surface area (Å²) in [7, 11) is 1.27. The predicted octanol–water partition coefficient (Wildman–Crippen LogP) is 2.47. The Bertz CT molecular complexity index is 831. The summed E-state index contributed by atoms with van der Waals surface area (Å²) in [5.41, 5.74) is -0.887. The number of halogens is 3. The van der Waals surface area contributed by atoms with E-state index in [9.17, 15) is 22.8 Å². The molecule has 1 aromatic carbocycles. The molecule has 2 aromatic rings. The highest BCUT2D eigenvalue weighted by molar-refractivity contribution is 5.92. The number of nitrogens with one attached hydrogen (secondary N) is 1. The van der Waals surface area contributed by atoms with E-state index < -0.39 is 23.2 Å². The number of anilines is 1.